The number of hydrogen-bond donors (Lipinski definition) is 2. The van der Waals surface area contributed by atoms with Gasteiger partial charge in [-0.05, 0) is 22.9 Å². The van der Waals surface area contributed by atoms with Gasteiger partial charge in [0, 0.05) is 0 Å². The van der Waals surface area contributed by atoms with Crippen LogP contribution in [-0.4, -0.2) is 25.7 Å². The summed E-state index contributed by atoms with van der Waals surface area (Å²) in [4.78, 5) is 11.2. The summed E-state index contributed by atoms with van der Waals surface area (Å²) in [6.07, 6.45) is 5.04. The van der Waals surface area contributed by atoms with Crippen LogP contribution < -0.4 is 15.4 Å². The van der Waals surface area contributed by atoms with Gasteiger partial charge in [-0.15, -0.1) is 6.42 Å². The van der Waals surface area contributed by atoms with E-state index in [4.69, 9.17) is 11.2 Å². The zero-order valence-corrected chi connectivity index (χ0v) is 11.1. The highest BCUT2D eigenvalue weighted by Crippen LogP contribution is 2.20. The van der Waals surface area contributed by atoms with Gasteiger partial charge < -0.3 is 15.4 Å². The summed E-state index contributed by atoms with van der Waals surface area (Å²) in [5.74, 6) is 3.12. The molecule has 0 saturated carbocycles. The lowest BCUT2D eigenvalue weighted by molar-refractivity contribution is 0.237. The Morgan fingerprint density at radius 1 is 1.15 bits per heavy atom. The average molecular weight is 268 g/mol. The molecule has 4 heteroatoms. The third-order valence-corrected chi connectivity index (χ3v) is 2.73. The molecule has 0 radical (unpaired) electrons. The summed E-state index contributed by atoms with van der Waals surface area (Å²) in [7, 11) is 0. The van der Waals surface area contributed by atoms with Gasteiger partial charge in [0.1, 0.15) is 12.4 Å². The Kier molecular flexibility index (Phi) is 4.85. The fraction of sp³-hybridized carbons (Fsp3) is 0.188. The van der Waals surface area contributed by atoms with Crippen LogP contribution in [0, 0.1) is 12.3 Å². The minimum atomic E-state index is -0.287. The monoisotopic (exact) mass is 268 g/mol. The van der Waals surface area contributed by atoms with Gasteiger partial charge in [-0.2, -0.15) is 0 Å². The van der Waals surface area contributed by atoms with Crippen molar-refractivity contribution in [2.45, 2.75) is 0 Å². The van der Waals surface area contributed by atoms with Gasteiger partial charge in [0.2, 0.25) is 0 Å². The molecule has 2 aromatic carbocycles. The summed E-state index contributed by atoms with van der Waals surface area (Å²) in [6.45, 7) is 1.04. The lowest BCUT2D eigenvalue weighted by Crippen LogP contribution is -2.37. The zero-order chi connectivity index (χ0) is 14.2. The highest BCUT2D eigenvalue weighted by Gasteiger charge is 1.99. The molecule has 0 aliphatic heterocycles. The van der Waals surface area contributed by atoms with Crippen LogP contribution >= 0.6 is 0 Å². The Labute approximate surface area is 118 Å². The van der Waals surface area contributed by atoms with Crippen LogP contribution in [0.3, 0.4) is 0 Å². The highest BCUT2D eigenvalue weighted by molar-refractivity contribution is 5.83. The van der Waals surface area contributed by atoms with Crippen LogP contribution in [0.25, 0.3) is 10.8 Å². The van der Waals surface area contributed by atoms with Crippen LogP contribution in [0.15, 0.2) is 42.5 Å². The maximum atomic E-state index is 11.2. The van der Waals surface area contributed by atoms with E-state index in [2.05, 4.69) is 22.6 Å². The van der Waals surface area contributed by atoms with E-state index in [-0.39, 0.29) is 12.6 Å². The van der Waals surface area contributed by atoms with Crippen LogP contribution in [0.2, 0.25) is 0 Å². The molecule has 0 spiro atoms. The molecule has 0 aromatic heterocycles. The van der Waals surface area contributed by atoms with Gasteiger partial charge in [0.05, 0.1) is 13.1 Å². The second-order valence-corrected chi connectivity index (χ2v) is 4.17. The smallest absolute Gasteiger partial charge is 0.315 e. The van der Waals surface area contributed by atoms with Gasteiger partial charge >= 0.3 is 6.03 Å². The van der Waals surface area contributed by atoms with E-state index in [1.165, 1.54) is 5.39 Å². The molecular weight excluding hydrogens is 252 g/mol. The van der Waals surface area contributed by atoms with Crippen molar-refractivity contribution >= 4 is 16.8 Å². The maximum Gasteiger partial charge on any atom is 0.315 e. The fourth-order valence-electron chi connectivity index (χ4n) is 1.78. The molecule has 0 heterocycles. The molecule has 0 bridgehead atoms. The number of benzene rings is 2. The molecule has 102 valence electrons. The Hall–Kier alpha value is -2.67. The van der Waals surface area contributed by atoms with E-state index in [1.807, 2.05) is 36.4 Å². The number of terminal acetylenes is 1. The summed E-state index contributed by atoms with van der Waals surface area (Å²) in [5.41, 5.74) is 0. The van der Waals surface area contributed by atoms with Crippen LogP contribution in [0.4, 0.5) is 4.79 Å². The molecular formula is C16H16N2O2. The second kappa shape index (κ2) is 7.05. The van der Waals surface area contributed by atoms with Gasteiger partial charge in [-0.3, -0.25) is 0 Å². The molecule has 0 unspecified atom stereocenters. The Balaban J connectivity index is 1.78. The topological polar surface area (TPSA) is 50.4 Å². The molecule has 0 atom stereocenters. The Morgan fingerprint density at radius 3 is 2.75 bits per heavy atom. The summed E-state index contributed by atoms with van der Waals surface area (Å²) < 4.78 is 5.59. The van der Waals surface area contributed by atoms with Gasteiger partial charge in [-0.25, -0.2) is 4.79 Å². The van der Waals surface area contributed by atoms with Crippen LogP contribution in [0.1, 0.15) is 0 Å². The standard InChI is InChI=1S/C16H16N2O2/c1-2-9-17-16(19)18-10-11-20-15-8-7-13-5-3-4-6-14(13)12-15/h1,3-8,12H,9-11H2,(H2,17,18,19). The molecule has 0 aliphatic rings. The number of carbonyl (C=O) groups excluding carboxylic acids is 1. The first-order valence-corrected chi connectivity index (χ1v) is 6.36. The van der Waals surface area contributed by atoms with E-state index in [0.29, 0.717) is 13.2 Å². The number of urea groups is 1. The largest absolute Gasteiger partial charge is 0.492 e. The van der Waals surface area contributed by atoms with E-state index >= 15 is 0 Å². The van der Waals surface area contributed by atoms with Gasteiger partial charge in [0.25, 0.3) is 0 Å². The average Bonchev–Trinajstić information content (AvgIpc) is 2.49. The predicted octanol–water partition coefficient (Wildman–Crippen LogP) is 2.15. The highest BCUT2D eigenvalue weighted by atomic mass is 16.5. The van der Waals surface area contributed by atoms with Crippen molar-refractivity contribution in [3.05, 3.63) is 42.5 Å². The Bertz CT molecular complexity index is 632. The molecule has 0 saturated heterocycles. The van der Waals surface area contributed by atoms with Crippen LogP contribution in [-0.2, 0) is 0 Å². The van der Waals surface area contributed by atoms with E-state index < -0.39 is 0 Å². The minimum absolute atomic E-state index is 0.220. The number of nitrogens with one attached hydrogen (secondary N) is 2. The maximum absolute atomic E-state index is 11.2. The zero-order valence-electron chi connectivity index (χ0n) is 11.1. The number of carbonyl (C=O) groups is 1. The molecule has 2 aromatic rings. The molecule has 20 heavy (non-hydrogen) atoms. The number of ether oxygens (including phenoxy) is 1. The van der Waals surface area contributed by atoms with Crippen molar-refractivity contribution in [2.24, 2.45) is 0 Å². The summed E-state index contributed by atoms with van der Waals surface area (Å²) in [5, 5.41) is 7.47. The minimum Gasteiger partial charge on any atom is -0.492 e. The first kappa shape index (κ1) is 13.8. The normalized spacial score (nSPS) is 9.75. The number of amides is 2. The summed E-state index contributed by atoms with van der Waals surface area (Å²) >= 11 is 0. The fourth-order valence-corrected chi connectivity index (χ4v) is 1.78. The van der Waals surface area contributed by atoms with Gasteiger partial charge in [-0.1, -0.05) is 36.3 Å². The molecule has 0 fully saturated rings. The van der Waals surface area contributed by atoms with Crippen molar-refractivity contribution in [1.29, 1.82) is 0 Å². The van der Waals surface area contributed by atoms with Crippen LogP contribution in [0.5, 0.6) is 5.75 Å². The Morgan fingerprint density at radius 2 is 1.95 bits per heavy atom. The molecule has 2 amide bonds. The second-order valence-electron chi connectivity index (χ2n) is 4.17. The van der Waals surface area contributed by atoms with Crippen molar-refractivity contribution in [1.82, 2.24) is 10.6 Å². The lowest BCUT2D eigenvalue weighted by Gasteiger charge is -2.08. The van der Waals surface area contributed by atoms with Crippen molar-refractivity contribution in [3.63, 3.8) is 0 Å². The number of hydrogen-bond acceptors (Lipinski definition) is 2. The number of fused-ring (bicyclic) bond motifs is 1. The quantitative estimate of drug-likeness (QED) is 0.645. The van der Waals surface area contributed by atoms with E-state index in [1.54, 1.807) is 0 Å². The molecule has 2 rings (SSSR count). The third kappa shape index (κ3) is 3.92. The third-order valence-electron chi connectivity index (χ3n) is 2.73. The van der Waals surface area contributed by atoms with E-state index in [0.717, 1.165) is 11.1 Å². The SMILES string of the molecule is C#CCNC(=O)NCCOc1ccc2ccccc2c1. The number of rotatable bonds is 5. The van der Waals surface area contributed by atoms with Crippen molar-refractivity contribution in [3.8, 4) is 18.1 Å². The van der Waals surface area contributed by atoms with E-state index in [9.17, 15) is 4.79 Å². The molecule has 2 N–H and O–H groups in total. The molecule has 0 aliphatic carbocycles. The molecule has 4 nitrogen and oxygen atoms in total. The van der Waals surface area contributed by atoms with Gasteiger partial charge in [0.15, 0.2) is 0 Å². The van der Waals surface area contributed by atoms with Crippen molar-refractivity contribution < 1.29 is 9.53 Å². The van der Waals surface area contributed by atoms with Crippen molar-refractivity contribution in [2.75, 3.05) is 19.7 Å². The predicted molar refractivity (Wildman–Crippen MR) is 79.7 cm³/mol. The first-order chi connectivity index (χ1) is 9.79. The summed E-state index contributed by atoms with van der Waals surface area (Å²) in [6, 6.07) is 13.7. The lowest BCUT2D eigenvalue weighted by atomic mass is 10.1. The first-order valence-electron chi connectivity index (χ1n) is 6.36.